The van der Waals surface area contributed by atoms with Gasteiger partial charge in [-0.3, -0.25) is 9.69 Å². The predicted molar refractivity (Wildman–Crippen MR) is 119 cm³/mol. The predicted octanol–water partition coefficient (Wildman–Crippen LogP) is 5.21. The third-order valence-corrected chi connectivity index (χ3v) is 6.06. The van der Waals surface area contributed by atoms with E-state index < -0.39 is 0 Å². The molecule has 7 heteroatoms. The molecule has 0 radical (unpaired) electrons. The van der Waals surface area contributed by atoms with Crippen molar-refractivity contribution in [3.63, 3.8) is 0 Å². The third kappa shape index (κ3) is 3.75. The molecule has 1 aliphatic rings. The van der Waals surface area contributed by atoms with Crippen molar-refractivity contribution in [1.82, 2.24) is 14.7 Å². The van der Waals surface area contributed by atoms with E-state index in [0.717, 1.165) is 11.3 Å². The van der Waals surface area contributed by atoms with E-state index in [-0.39, 0.29) is 11.7 Å². The van der Waals surface area contributed by atoms with E-state index in [1.807, 2.05) is 49.5 Å². The van der Waals surface area contributed by atoms with E-state index in [1.165, 1.54) is 17.8 Å². The summed E-state index contributed by atoms with van der Waals surface area (Å²) in [6.07, 6.45) is 3.63. The van der Waals surface area contributed by atoms with Crippen molar-refractivity contribution < 1.29 is 9.18 Å². The second-order valence-corrected chi connectivity index (χ2v) is 8.28. The van der Waals surface area contributed by atoms with Gasteiger partial charge in [0.25, 0.3) is 5.91 Å². The van der Waals surface area contributed by atoms with Crippen molar-refractivity contribution in [3.8, 4) is 16.9 Å². The van der Waals surface area contributed by atoms with Crippen LogP contribution in [0.25, 0.3) is 23.0 Å². The number of rotatable bonds is 4. The number of thiocarbonyl (C=S) groups is 1. The van der Waals surface area contributed by atoms with Crippen molar-refractivity contribution in [2.24, 2.45) is 0 Å². The zero-order valence-corrected chi connectivity index (χ0v) is 17.6. The molecule has 146 valence electrons. The minimum atomic E-state index is -0.292. The largest absolute Gasteiger partial charge is 0.293 e. The highest BCUT2D eigenvalue weighted by Gasteiger charge is 2.31. The Labute approximate surface area is 178 Å². The van der Waals surface area contributed by atoms with Crippen LogP contribution < -0.4 is 0 Å². The summed E-state index contributed by atoms with van der Waals surface area (Å²) in [5.74, 6) is -0.406. The lowest BCUT2D eigenvalue weighted by molar-refractivity contribution is -0.121. The average Bonchev–Trinajstić information content (AvgIpc) is 3.25. The first-order valence-corrected chi connectivity index (χ1v) is 10.4. The van der Waals surface area contributed by atoms with E-state index in [1.54, 1.807) is 28.6 Å². The van der Waals surface area contributed by atoms with Gasteiger partial charge < -0.3 is 0 Å². The van der Waals surface area contributed by atoms with Crippen LogP contribution in [0.1, 0.15) is 18.1 Å². The van der Waals surface area contributed by atoms with Gasteiger partial charge in [0.05, 0.1) is 10.6 Å². The Morgan fingerprint density at radius 3 is 2.62 bits per heavy atom. The summed E-state index contributed by atoms with van der Waals surface area (Å²) in [7, 11) is 0. The molecule has 0 saturated carbocycles. The van der Waals surface area contributed by atoms with E-state index in [2.05, 4.69) is 5.10 Å². The van der Waals surface area contributed by atoms with Gasteiger partial charge in [-0.2, -0.15) is 5.10 Å². The molecule has 1 saturated heterocycles. The van der Waals surface area contributed by atoms with Crippen molar-refractivity contribution in [2.45, 2.75) is 13.8 Å². The average molecular weight is 424 g/mol. The number of para-hydroxylation sites is 1. The first kappa shape index (κ1) is 19.5. The van der Waals surface area contributed by atoms with Gasteiger partial charge in [-0.25, -0.2) is 9.07 Å². The highest BCUT2D eigenvalue weighted by atomic mass is 32.2. The van der Waals surface area contributed by atoms with Gasteiger partial charge in [0, 0.05) is 23.9 Å². The summed E-state index contributed by atoms with van der Waals surface area (Å²) in [6.45, 7) is 4.14. The maximum atomic E-state index is 14.2. The lowest BCUT2D eigenvalue weighted by Crippen LogP contribution is -2.27. The van der Waals surface area contributed by atoms with Crippen LogP contribution in [0.4, 0.5) is 4.39 Å². The van der Waals surface area contributed by atoms with Crippen LogP contribution >= 0.6 is 24.0 Å². The van der Waals surface area contributed by atoms with E-state index >= 15 is 0 Å². The SMILES string of the molecule is CCN1C(=O)/C(=C/c2cn(-c3ccccc3)nc2-c2ccc(C)c(F)c2)SC1=S. The molecule has 4 nitrogen and oxygen atoms in total. The highest BCUT2D eigenvalue weighted by Crippen LogP contribution is 2.35. The number of aromatic nitrogens is 2. The number of thioether (sulfide) groups is 1. The molecule has 29 heavy (non-hydrogen) atoms. The number of hydrogen-bond donors (Lipinski definition) is 0. The molecular weight excluding hydrogens is 405 g/mol. The molecule has 0 aliphatic carbocycles. The molecule has 2 heterocycles. The molecule has 2 aromatic carbocycles. The summed E-state index contributed by atoms with van der Waals surface area (Å²) in [4.78, 5) is 14.7. The van der Waals surface area contributed by atoms with E-state index in [9.17, 15) is 9.18 Å². The second-order valence-electron chi connectivity index (χ2n) is 6.60. The molecule has 1 aliphatic heterocycles. The number of carbonyl (C=O) groups is 1. The van der Waals surface area contributed by atoms with Gasteiger partial charge in [-0.15, -0.1) is 0 Å². The fraction of sp³-hybridized carbons (Fsp3) is 0.136. The topological polar surface area (TPSA) is 38.1 Å². The number of hydrogen-bond acceptors (Lipinski definition) is 4. The molecule has 3 aromatic rings. The zero-order valence-electron chi connectivity index (χ0n) is 15.9. The number of carbonyl (C=O) groups excluding carboxylic acids is 1. The van der Waals surface area contributed by atoms with Crippen LogP contribution in [-0.4, -0.2) is 31.5 Å². The van der Waals surface area contributed by atoms with E-state index in [0.29, 0.717) is 32.6 Å². The molecule has 1 fully saturated rings. The quantitative estimate of drug-likeness (QED) is 0.427. The first-order chi connectivity index (χ1) is 14.0. The Bertz CT molecular complexity index is 1140. The number of nitrogens with zero attached hydrogens (tertiary/aromatic N) is 3. The smallest absolute Gasteiger partial charge is 0.266 e. The van der Waals surface area contributed by atoms with Crippen molar-refractivity contribution in [3.05, 3.63) is 76.6 Å². The Balaban J connectivity index is 1.85. The summed E-state index contributed by atoms with van der Waals surface area (Å²) in [5.41, 5.74) is 3.44. The van der Waals surface area contributed by atoms with Crippen molar-refractivity contribution in [1.29, 1.82) is 0 Å². The van der Waals surface area contributed by atoms with Gasteiger partial charge in [-0.05, 0) is 43.7 Å². The van der Waals surface area contributed by atoms with Gasteiger partial charge in [0.2, 0.25) is 0 Å². The maximum Gasteiger partial charge on any atom is 0.266 e. The lowest BCUT2D eigenvalue weighted by Gasteiger charge is -2.09. The molecule has 1 amide bonds. The fourth-order valence-corrected chi connectivity index (χ4v) is 4.46. The minimum Gasteiger partial charge on any atom is -0.293 e. The van der Waals surface area contributed by atoms with Crippen molar-refractivity contribution in [2.75, 3.05) is 6.54 Å². The molecule has 0 N–H and O–H groups in total. The normalized spacial score (nSPS) is 15.6. The van der Waals surface area contributed by atoms with Crippen LogP contribution in [0.3, 0.4) is 0 Å². The fourth-order valence-electron chi connectivity index (χ4n) is 3.08. The molecule has 0 atom stereocenters. The number of halogens is 1. The van der Waals surface area contributed by atoms with Gasteiger partial charge in [0.1, 0.15) is 15.8 Å². The standard InChI is InChI=1S/C22H18FN3OS2/c1-3-25-21(27)19(29-22(25)28)12-16-13-26(17-7-5-4-6-8-17)24-20(16)15-10-9-14(2)18(23)11-15/h4-13H,3H2,1-2H3/b19-12-. The Morgan fingerprint density at radius 2 is 1.97 bits per heavy atom. The Kier molecular flexibility index (Phi) is 5.34. The second kappa shape index (κ2) is 7.93. The molecule has 4 rings (SSSR count). The number of amides is 1. The van der Waals surface area contributed by atoms with Crippen LogP contribution in [0, 0.1) is 12.7 Å². The minimum absolute atomic E-state index is 0.115. The molecule has 0 bridgehead atoms. The number of likely N-dealkylation sites (N-methyl/N-ethyl adjacent to an activating group) is 1. The molecular formula is C22H18FN3OS2. The Hall–Kier alpha value is -2.77. The summed E-state index contributed by atoms with van der Waals surface area (Å²) >= 11 is 6.58. The van der Waals surface area contributed by atoms with Crippen LogP contribution in [0.15, 0.2) is 59.6 Å². The van der Waals surface area contributed by atoms with Crippen LogP contribution in [-0.2, 0) is 4.79 Å². The van der Waals surface area contributed by atoms with Crippen LogP contribution in [0.5, 0.6) is 0 Å². The van der Waals surface area contributed by atoms with Crippen molar-refractivity contribution >= 4 is 40.3 Å². The van der Waals surface area contributed by atoms with Gasteiger partial charge in [-0.1, -0.05) is 54.3 Å². The number of benzene rings is 2. The number of aryl methyl sites for hydroxylation is 1. The zero-order chi connectivity index (χ0) is 20.5. The lowest BCUT2D eigenvalue weighted by atomic mass is 10.1. The summed E-state index contributed by atoms with van der Waals surface area (Å²) < 4.78 is 16.5. The van der Waals surface area contributed by atoms with Gasteiger partial charge >= 0.3 is 0 Å². The highest BCUT2D eigenvalue weighted by molar-refractivity contribution is 8.26. The summed E-state index contributed by atoms with van der Waals surface area (Å²) in [5, 5.41) is 4.69. The molecule has 1 aromatic heterocycles. The van der Waals surface area contributed by atoms with Crippen LogP contribution in [0.2, 0.25) is 0 Å². The van der Waals surface area contributed by atoms with Gasteiger partial charge in [0.15, 0.2) is 0 Å². The molecule has 0 unspecified atom stereocenters. The Morgan fingerprint density at radius 1 is 1.21 bits per heavy atom. The maximum absolute atomic E-state index is 14.2. The third-order valence-electron chi connectivity index (χ3n) is 4.68. The summed E-state index contributed by atoms with van der Waals surface area (Å²) in [6, 6.07) is 14.7. The molecule has 0 spiro atoms. The van der Waals surface area contributed by atoms with E-state index in [4.69, 9.17) is 12.2 Å². The first-order valence-electron chi connectivity index (χ1n) is 9.15. The monoisotopic (exact) mass is 423 g/mol.